The Hall–Kier alpha value is -1.44. The topological polar surface area (TPSA) is 33.4 Å². The summed E-state index contributed by atoms with van der Waals surface area (Å²) < 4.78 is 5.32. The summed E-state index contributed by atoms with van der Waals surface area (Å²) >= 11 is 0. The molecule has 1 radical (unpaired) electrons. The van der Waals surface area contributed by atoms with E-state index in [1.165, 1.54) is 0 Å². The van der Waals surface area contributed by atoms with Crippen LogP contribution in [0.1, 0.15) is 11.3 Å². The lowest BCUT2D eigenvalue weighted by molar-refractivity contribution is 0.461. The molecule has 0 spiro atoms. The largest absolute Gasteiger partial charge is 0.504 e. The molecule has 0 saturated carbocycles. The van der Waals surface area contributed by atoms with Crippen LogP contribution in [-0.4, -0.2) is 5.11 Å². The Morgan fingerprint density at radius 2 is 2.17 bits per heavy atom. The van der Waals surface area contributed by atoms with E-state index >= 15 is 0 Å². The predicted octanol–water partition coefficient (Wildman–Crippen LogP) is 2.63. The van der Waals surface area contributed by atoms with Gasteiger partial charge in [-0.15, -0.1) is 0 Å². The van der Waals surface area contributed by atoms with E-state index in [1.54, 1.807) is 12.1 Å². The van der Waals surface area contributed by atoms with Gasteiger partial charge in [0.15, 0.2) is 11.3 Å². The molecular formula is C10H9O2. The molecule has 0 atom stereocenters. The molecule has 2 rings (SSSR count). The first-order chi connectivity index (χ1) is 5.70. The molecule has 1 aromatic heterocycles. The Bertz CT molecular complexity index is 427. The van der Waals surface area contributed by atoms with Crippen LogP contribution in [0.4, 0.5) is 0 Å². The van der Waals surface area contributed by atoms with Gasteiger partial charge in [-0.3, -0.25) is 0 Å². The molecule has 0 fully saturated rings. The van der Waals surface area contributed by atoms with Crippen LogP contribution >= 0.6 is 0 Å². The third-order valence-electron chi connectivity index (χ3n) is 2.00. The summed E-state index contributed by atoms with van der Waals surface area (Å²) in [5.74, 6) is 0.928. The second kappa shape index (κ2) is 2.27. The highest BCUT2D eigenvalue weighted by molar-refractivity contribution is 5.87. The molecule has 1 heterocycles. The normalized spacial score (nSPS) is 10.8. The van der Waals surface area contributed by atoms with Crippen LogP contribution in [0.5, 0.6) is 5.75 Å². The summed E-state index contributed by atoms with van der Waals surface area (Å²) in [5, 5.41) is 10.3. The minimum absolute atomic E-state index is 0.172. The lowest BCUT2D eigenvalue weighted by Crippen LogP contribution is -1.69. The number of benzene rings is 1. The van der Waals surface area contributed by atoms with Crippen molar-refractivity contribution in [1.29, 1.82) is 0 Å². The maximum absolute atomic E-state index is 9.39. The smallest absolute Gasteiger partial charge is 0.176 e. The number of fused-ring (bicyclic) bond motifs is 1. The summed E-state index contributed by atoms with van der Waals surface area (Å²) in [6, 6.07) is 5.26. The van der Waals surface area contributed by atoms with E-state index in [0.29, 0.717) is 5.58 Å². The van der Waals surface area contributed by atoms with Crippen molar-refractivity contribution in [2.24, 2.45) is 0 Å². The van der Waals surface area contributed by atoms with Crippen molar-refractivity contribution >= 4 is 11.0 Å². The Balaban J connectivity index is 2.95. The number of phenolic OH excluding ortho intramolecular Hbond substituents is 1. The molecule has 1 aromatic carbocycles. The van der Waals surface area contributed by atoms with Gasteiger partial charge in [-0.2, -0.15) is 0 Å². The van der Waals surface area contributed by atoms with Crippen LogP contribution < -0.4 is 0 Å². The van der Waals surface area contributed by atoms with Crippen LogP contribution in [0.2, 0.25) is 0 Å². The fourth-order valence-electron chi connectivity index (χ4n) is 1.27. The Labute approximate surface area is 70.4 Å². The van der Waals surface area contributed by atoms with Crippen molar-refractivity contribution < 1.29 is 9.52 Å². The van der Waals surface area contributed by atoms with E-state index in [-0.39, 0.29) is 5.75 Å². The van der Waals surface area contributed by atoms with Crippen LogP contribution in [-0.2, 0) is 0 Å². The second-order valence-electron chi connectivity index (χ2n) is 2.79. The molecule has 2 heteroatoms. The first kappa shape index (κ1) is 7.22. The van der Waals surface area contributed by atoms with E-state index in [9.17, 15) is 5.11 Å². The molecule has 61 valence electrons. The first-order valence-electron chi connectivity index (χ1n) is 3.73. The number of para-hydroxylation sites is 1. The minimum atomic E-state index is 0.172. The number of hydrogen-bond donors (Lipinski definition) is 1. The average molecular weight is 161 g/mol. The highest BCUT2D eigenvalue weighted by atomic mass is 16.4. The molecule has 0 aliphatic carbocycles. The molecule has 2 nitrogen and oxygen atoms in total. The molecule has 0 aliphatic rings. The predicted molar refractivity (Wildman–Crippen MR) is 47.1 cm³/mol. The van der Waals surface area contributed by atoms with Gasteiger partial charge in [-0.05, 0) is 19.9 Å². The van der Waals surface area contributed by atoms with Gasteiger partial charge < -0.3 is 9.52 Å². The van der Waals surface area contributed by atoms with Crippen molar-refractivity contribution in [2.45, 2.75) is 6.92 Å². The number of phenols is 1. The quantitative estimate of drug-likeness (QED) is 0.644. The second-order valence-corrected chi connectivity index (χ2v) is 2.79. The molecule has 12 heavy (non-hydrogen) atoms. The van der Waals surface area contributed by atoms with Gasteiger partial charge in [0.2, 0.25) is 0 Å². The monoisotopic (exact) mass is 161 g/mol. The fraction of sp³-hybridized carbons (Fsp3) is 0.100. The van der Waals surface area contributed by atoms with Gasteiger partial charge in [0.25, 0.3) is 0 Å². The SMILES string of the molecule is [CH2]c1c(C)oc2c(O)cccc12. The zero-order chi connectivity index (χ0) is 8.72. The molecule has 0 bridgehead atoms. The van der Waals surface area contributed by atoms with Gasteiger partial charge >= 0.3 is 0 Å². The van der Waals surface area contributed by atoms with Crippen molar-refractivity contribution in [3.05, 3.63) is 36.4 Å². The zero-order valence-corrected chi connectivity index (χ0v) is 6.79. The lowest BCUT2D eigenvalue weighted by atomic mass is 10.1. The fourth-order valence-corrected chi connectivity index (χ4v) is 1.27. The number of furan rings is 1. The summed E-state index contributed by atoms with van der Waals surface area (Å²) in [4.78, 5) is 0. The van der Waals surface area contributed by atoms with Crippen molar-refractivity contribution in [2.75, 3.05) is 0 Å². The summed E-state index contributed by atoms with van der Waals surface area (Å²) in [6.45, 7) is 5.68. The van der Waals surface area contributed by atoms with Gasteiger partial charge in [0.1, 0.15) is 5.76 Å². The third kappa shape index (κ3) is 0.811. The van der Waals surface area contributed by atoms with Crippen LogP contribution in [0, 0.1) is 13.8 Å². The number of aromatic hydroxyl groups is 1. The van der Waals surface area contributed by atoms with Crippen LogP contribution in [0.25, 0.3) is 11.0 Å². The van der Waals surface area contributed by atoms with E-state index in [2.05, 4.69) is 6.92 Å². The van der Waals surface area contributed by atoms with Gasteiger partial charge in [0.05, 0.1) is 0 Å². The van der Waals surface area contributed by atoms with Crippen molar-refractivity contribution in [3.63, 3.8) is 0 Å². The highest BCUT2D eigenvalue weighted by Gasteiger charge is 2.08. The molecule has 0 aliphatic heterocycles. The summed E-state index contributed by atoms with van der Waals surface area (Å²) in [7, 11) is 0. The maximum Gasteiger partial charge on any atom is 0.176 e. The Morgan fingerprint density at radius 3 is 2.83 bits per heavy atom. The highest BCUT2D eigenvalue weighted by Crippen LogP contribution is 2.30. The van der Waals surface area contributed by atoms with E-state index < -0.39 is 0 Å². The number of hydrogen-bond acceptors (Lipinski definition) is 2. The summed E-state index contributed by atoms with van der Waals surface area (Å²) in [5.41, 5.74) is 1.38. The Morgan fingerprint density at radius 1 is 1.42 bits per heavy atom. The van der Waals surface area contributed by atoms with Crippen molar-refractivity contribution in [3.8, 4) is 5.75 Å². The Kier molecular flexibility index (Phi) is 1.37. The molecule has 1 N–H and O–H groups in total. The van der Waals surface area contributed by atoms with Gasteiger partial charge in [-0.1, -0.05) is 12.1 Å². The average Bonchev–Trinajstić information content (AvgIpc) is 2.32. The molecule has 0 unspecified atom stereocenters. The minimum Gasteiger partial charge on any atom is -0.504 e. The van der Waals surface area contributed by atoms with Crippen LogP contribution in [0.3, 0.4) is 0 Å². The van der Waals surface area contributed by atoms with Gasteiger partial charge in [-0.25, -0.2) is 0 Å². The van der Waals surface area contributed by atoms with E-state index in [4.69, 9.17) is 4.42 Å². The first-order valence-corrected chi connectivity index (χ1v) is 3.73. The lowest BCUT2D eigenvalue weighted by Gasteiger charge is -1.91. The van der Waals surface area contributed by atoms with E-state index in [0.717, 1.165) is 16.7 Å². The molecule has 2 aromatic rings. The van der Waals surface area contributed by atoms with E-state index in [1.807, 2.05) is 13.0 Å². The molecule has 0 saturated heterocycles. The maximum atomic E-state index is 9.39. The van der Waals surface area contributed by atoms with Gasteiger partial charge in [0, 0.05) is 10.9 Å². The summed E-state index contributed by atoms with van der Waals surface area (Å²) in [6.07, 6.45) is 0. The molecule has 0 amide bonds. The standard InChI is InChI=1S/C10H9O2/c1-6-7(2)12-10-8(6)4-3-5-9(10)11/h3-5,11H,1H2,2H3. The number of aryl methyl sites for hydroxylation is 1. The number of rotatable bonds is 0. The van der Waals surface area contributed by atoms with Crippen LogP contribution in [0.15, 0.2) is 22.6 Å². The molecular weight excluding hydrogens is 152 g/mol. The zero-order valence-electron chi connectivity index (χ0n) is 6.79. The third-order valence-corrected chi connectivity index (χ3v) is 2.00. The van der Waals surface area contributed by atoms with Crippen molar-refractivity contribution in [1.82, 2.24) is 0 Å².